The minimum Gasteiger partial charge on any atom is -0.379 e. The zero-order valence-corrected chi connectivity index (χ0v) is 17.2. The van der Waals surface area contributed by atoms with E-state index in [1.807, 2.05) is 43.3 Å². The van der Waals surface area contributed by atoms with E-state index < -0.39 is 0 Å². The van der Waals surface area contributed by atoms with Crippen LogP contribution in [0.5, 0.6) is 0 Å². The maximum absolute atomic E-state index is 12.3. The van der Waals surface area contributed by atoms with Crippen LogP contribution in [0.25, 0.3) is 0 Å². The quantitative estimate of drug-likeness (QED) is 0.719. The molecule has 2 N–H and O–H groups in total. The van der Waals surface area contributed by atoms with Crippen LogP contribution < -0.4 is 10.6 Å². The Kier molecular flexibility index (Phi) is 7.26. The lowest BCUT2D eigenvalue weighted by Crippen LogP contribution is -2.37. The predicted molar refractivity (Wildman–Crippen MR) is 112 cm³/mol. The molecule has 2 aromatic carbocycles. The smallest absolute Gasteiger partial charge is 0.319 e. The summed E-state index contributed by atoms with van der Waals surface area (Å²) in [6.07, 6.45) is 1.01. The van der Waals surface area contributed by atoms with Crippen molar-refractivity contribution in [3.8, 4) is 0 Å². The highest BCUT2D eigenvalue weighted by Gasteiger charge is 2.12. The number of benzene rings is 2. The van der Waals surface area contributed by atoms with Gasteiger partial charge in [0.1, 0.15) is 0 Å². The molecule has 144 valence electrons. The number of hydrogen-bond acceptors (Lipinski definition) is 3. The molecule has 1 unspecified atom stereocenters. The van der Waals surface area contributed by atoms with Crippen LogP contribution in [-0.4, -0.2) is 43.8 Å². The zero-order chi connectivity index (χ0) is 19.1. The summed E-state index contributed by atoms with van der Waals surface area (Å²) < 4.78 is 6.36. The van der Waals surface area contributed by atoms with E-state index in [0.717, 1.165) is 55.0 Å². The molecule has 1 fully saturated rings. The molecular weight excluding hydrogens is 406 g/mol. The third-order valence-electron chi connectivity index (χ3n) is 4.75. The van der Waals surface area contributed by atoms with Crippen LogP contribution in [0.4, 0.5) is 10.5 Å². The van der Waals surface area contributed by atoms with Gasteiger partial charge in [0, 0.05) is 29.8 Å². The Hall–Kier alpha value is -1.89. The summed E-state index contributed by atoms with van der Waals surface area (Å²) >= 11 is 3.52. The third-order valence-corrected chi connectivity index (χ3v) is 5.47. The van der Waals surface area contributed by atoms with Gasteiger partial charge in [-0.25, -0.2) is 4.79 Å². The molecule has 0 saturated carbocycles. The van der Waals surface area contributed by atoms with E-state index in [1.54, 1.807) is 0 Å². The standard InChI is InChI=1S/C21H26BrN3O2/c1-16(19-4-2-3-5-20(19)22)23-21(26)24-18-8-6-17(7-9-18)10-11-25-12-14-27-15-13-25/h2-9,16H,10-15H2,1H3,(H2,23,24,26). The molecule has 0 radical (unpaired) electrons. The molecule has 0 spiro atoms. The van der Waals surface area contributed by atoms with Crippen LogP contribution in [0.15, 0.2) is 53.0 Å². The largest absolute Gasteiger partial charge is 0.379 e. The first-order valence-electron chi connectivity index (χ1n) is 9.33. The number of hydrogen-bond donors (Lipinski definition) is 2. The van der Waals surface area contributed by atoms with Crippen LogP contribution in [0.1, 0.15) is 24.1 Å². The van der Waals surface area contributed by atoms with Crippen molar-refractivity contribution in [2.45, 2.75) is 19.4 Å². The molecule has 27 heavy (non-hydrogen) atoms. The number of morpholine rings is 1. The molecule has 5 nitrogen and oxygen atoms in total. The topological polar surface area (TPSA) is 53.6 Å². The van der Waals surface area contributed by atoms with Crippen LogP contribution >= 0.6 is 15.9 Å². The Labute approximate surface area is 169 Å². The number of amides is 2. The van der Waals surface area contributed by atoms with E-state index in [1.165, 1.54) is 5.56 Å². The monoisotopic (exact) mass is 431 g/mol. The zero-order valence-electron chi connectivity index (χ0n) is 15.6. The van der Waals surface area contributed by atoms with Gasteiger partial charge < -0.3 is 15.4 Å². The number of ether oxygens (including phenoxy) is 1. The van der Waals surface area contributed by atoms with E-state index in [2.05, 4.69) is 43.6 Å². The highest BCUT2D eigenvalue weighted by atomic mass is 79.9. The maximum atomic E-state index is 12.3. The second-order valence-corrected chi connectivity index (χ2v) is 7.60. The number of rotatable bonds is 6. The molecular formula is C21H26BrN3O2. The van der Waals surface area contributed by atoms with Gasteiger partial charge in [-0.1, -0.05) is 46.3 Å². The summed E-state index contributed by atoms with van der Waals surface area (Å²) in [4.78, 5) is 14.7. The molecule has 3 rings (SSSR count). The fourth-order valence-electron chi connectivity index (χ4n) is 3.13. The summed E-state index contributed by atoms with van der Waals surface area (Å²) in [6.45, 7) is 6.69. The average molecular weight is 432 g/mol. The van der Waals surface area contributed by atoms with Gasteiger partial charge in [-0.05, 0) is 42.7 Å². The molecule has 1 heterocycles. The summed E-state index contributed by atoms with van der Waals surface area (Å²) in [5, 5.41) is 5.87. The van der Waals surface area contributed by atoms with Crippen molar-refractivity contribution in [2.24, 2.45) is 0 Å². The number of anilines is 1. The first-order chi connectivity index (χ1) is 13.1. The van der Waals surface area contributed by atoms with Crippen LogP contribution in [0.3, 0.4) is 0 Å². The van der Waals surface area contributed by atoms with Gasteiger partial charge in [0.05, 0.1) is 19.3 Å². The lowest BCUT2D eigenvalue weighted by atomic mass is 10.1. The second kappa shape index (κ2) is 9.88. The van der Waals surface area contributed by atoms with Gasteiger partial charge >= 0.3 is 6.03 Å². The van der Waals surface area contributed by atoms with Gasteiger partial charge in [0.25, 0.3) is 0 Å². The highest BCUT2D eigenvalue weighted by Crippen LogP contribution is 2.22. The summed E-state index contributed by atoms with van der Waals surface area (Å²) in [5.41, 5.74) is 3.11. The molecule has 0 aromatic heterocycles. The van der Waals surface area contributed by atoms with E-state index in [9.17, 15) is 4.79 Å². The Balaban J connectivity index is 1.47. The SMILES string of the molecule is CC(NC(=O)Nc1ccc(CCN2CCOCC2)cc1)c1ccccc1Br. The fraction of sp³-hybridized carbons (Fsp3) is 0.381. The van der Waals surface area contributed by atoms with E-state index in [-0.39, 0.29) is 12.1 Å². The minimum atomic E-state index is -0.209. The number of nitrogens with zero attached hydrogens (tertiary/aromatic N) is 1. The lowest BCUT2D eigenvalue weighted by molar-refractivity contribution is 0.0384. The first-order valence-corrected chi connectivity index (χ1v) is 10.1. The number of halogens is 1. The number of nitrogens with one attached hydrogen (secondary N) is 2. The van der Waals surface area contributed by atoms with Crippen molar-refractivity contribution in [3.05, 3.63) is 64.1 Å². The summed E-state index contributed by atoms with van der Waals surface area (Å²) in [6, 6.07) is 15.7. The number of carbonyl (C=O) groups excluding carboxylic acids is 1. The molecule has 1 atom stereocenters. The fourth-order valence-corrected chi connectivity index (χ4v) is 3.76. The Morgan fingerprint density at radius 2 is 1.85 bits per heavy atom. The minimum absolute atomic E-state index is 0.0895. The first kappa shape index (κ1) is 19.9. The van der Waals surface area contributed by atoms with Gasteiger partial charge in [0.15, 0.2) is 0 Å². The van der Waals surface area contributed by atoms with Crippen molar-refractivity contribution < 1.29 is 9.53 Å². The predicted octanol–water partition coefficient (Wildman–Crippen LogP) is 4.21. The molecule has 1 saturated heterocycles. The van der Waals surface area contributed by atoms with Crippen LogP contribution in [0, 0.1) is 0 Å². The number of urea groups is 1. The number of carbonyl (C=O) groups is 1. The van der Waals surface area contributed by atoms with Crippen LogP contribution in [0.2, 0.25) is 0 Å². The molecule has 1 aliphatic rings. The lowest BCUT2D eigenvalue weighted by Gasteiger charge is -2.26. The average Bonchev–Trinajstić information content (AvgIpc) is 2.68. The third kappa shape index (κ3) is 6.06. The van der Waals surface area contributed by atoms with Crippen LogP contribution in [-0.2, 0) is 11.2 Å². The molecule has 6 heteroatoms. The van der Waals surface area contributed by atoms with Gasteiger partial charge in [-0.15, -0.1) is 0 Å². The van der Waals surface area contributed by atoms with Crippen molar-refractivity contribution in [3.63, 3.8) is 0 Å². The molecule has 1 aliphatic heterocycles. The second-order valence-electron chi connectivity index (χ2n) is 6.74. The van der Waals surface area contributed by atoms with Gasteiger partial charge in [-0.3, -0.25) is 4.90 Å². The summed E-state index contributed by atoms with van der Waals surface area (Å²) in [7, 11) is 0. The van der Waals surface area contributed by atoms with Crippen molar-refractivity contribution in [1.82, 2.24) is 10.2 Å². The van der Waals surface area contributed by atoms with Crippen molar-refractivity contribution in [1.29, 1.82) is 0 Å². The Morgan fingerprint density at radius 3 is 2.56 bits per heavy atom. The molecule has 2 amide bonds. The molecule has 0 bridgehead atoms. The molecule has 2 aromatic rings. The van der Waals surface area contributed by atoms with E-state index in [0.29, 0.717) is 0 Å². The Bertz CT molecular complexity index is 745. The maximum Gasteiger partial charge on any atom is 0.319 e. The Morgan fingerprint density at radius 1 is 1.15 bits per heavy atom. The van der Waals surface area contributed by atoms with E-state index >= 15 is 0 Å². The van der Waals surface area contributed by atoms with Gasteiger partial charge in [0.2, 0.25) is 0 Å². The van der Waals surface area contributed by atoms with Gasteiger partial charge in [-0.2, -0.15) is 0 Å². The normalized spacial score (nSPS) is 15.9. The van der Waals surface area contributed by atoms with E-state index in [4.69, 9.17) is 4.74 Å². The highest BCUT2D eigenvalue weighted by molar-refractivity contribution is 9.10. The molecule has 0 aliphatic carbocycles. The summed E-state index contributed by atoms with van der Waals surface area (Å²) in [5.74, 6) is 0. The van der Waals surface area contributed by atoms with Crippen molar-refractivity contribution in [2.75, 3.05) is 38.2 Å². The van der Waals surface area contributed by atoms with Crippen molar-refractivity contribution >= 4 is 27.6 Å².